The summed E-state index contributed by atoms with van der Waals surface area (Å²) >= 11 is 6.12. The summed E-state index contributed by atoms with van der Waals surface area (Å²) in [4.78, 5) is 28.1. The lowest BCUT2D eigenvalue weighted by atomic mass is 10.3. The van der Waals surface area contributed by atoms with E-state index >= 15 is 0 Å². The van der Waals surface area contributed by atoms with Gasteiger partial charge in [0.05, 0.1) is 23.5 Å². The van der Waals surface area contributed by atoms with Crippen molar-refractivity contribution in [3.63, 3.8) is 0 Å². The first-order valence-electron chi connectivity index (χ1n) is 9.71. The molecule has 0 bridgehead atoms. The van der Waals surface area contributed by atoms with E-state index in [0.717, 1.165) is 5.69 Å². The van der Waals surface area contributed by atoms with E-state index in [2.05, 4.69) is 25.9 Å². The second kappa shape index (κ2) is 10.6. The van der Waals surface area contributed by atoms with Crippen molar-refractivity contribution in [2.24, 2.45) is 0 Å². The summed E-state index contributed by atoms with van der Waals surface area (Å²) in [5, 5.41) is 13.9. The highest BCUT2D eigenvalue weighted by Crippen LogP contribution is 2.19. The van der Waals surface area contributed by atoms with Crippen LogP contribution in [0, 0.1) is 13.8 Å². The zero-order valence-electron chi connectivity index (χ0n) is 17.8. The highest BCUT2D eigenvalue weighted by molar-refractivity contribution is 6.31. The maximum absolute atomic E-state index is 12.1. The number of nitrogens with zero attached hydrogens (tertiary/aromatic N) is 4. The fourth-order valence-electron chi connectivity index (χ4n) is 2.70. The molecule has 12 heteroatoms. The molecule has 0 radical (unpaired) electrons. The molecule has 0 saturated carbocycles. The predicted molar refractivity (Wildman–Crippen MR) is 114 cm³/mol. The fraction of sp³-hybridized carbons (Fsp3) is 0.350. The number of ether oxygens (including phenoxy) is 2. The van der Waals surface area contributed by atoms with E-state index in [-0.39, 0.29) is 38.0 Å². The molecule has 0 aliphatic heterocycles. The molecule has 2 heterocycles. The van der Waals surface area contributed by atoms with Gasteiger partial charge in [-0.15, -0.1) is 0 Å². The Morgan fingerprint density at radius 3 is 2.47 bits per heavy atom. The van der Waals surface area contributed by atoms with E-state index in [4.69, 9.17) is 25.6 Å². The van der Waals surface area contributed by atoms with E-state index < -0.39 is 5.91 Å². The summed E-state index contributed by atoms with van der Waals surface area (Å²) in [6.45, 7) is 4.08. The molecule has 0 aliphatic rings. The van der Waals surface area contributed by atoms with E-state index in [1.165, 1.54) is 0 Å². The van der Waals surface area contributed by atoms with Gasteiger partial charge in [-0.3, -0.25) is 14.3 Å². The van der Waals surface area contributed by atoms with E-state index in [9.17, 15) is 9.59 Å². The fourth-order valence-corrected chi connectivity index (χ4v) is 2.83. The number of carbonyl (C=O) groups is 2. The molecule has 3 rings (SSSR count). The van der Waals surface area contributed by atoms with Gasteiger partial charge in [0.25, 0.3) is 5.91 Å². The lowest BCUT2D eigenvalue weighted by Gasteiger charge is -2.08. The van der Waals surface area contributed by atoms with Gasteiger partial charge in [0.2, 0.25) is 0 Å². The molecule has 11 nitrogen and oxygen atoms in total. The van der Waals surface area contributed by atoms with Gasteiger partial charge < -0.3 is 24.6 Å². The van der Waals surface area contributed by atoms with E-state index in [0.29, 0.717) is 28.0 Å². The lowest BCUT2D eigenvalue weighted by molar-refractivity contribution is -0.123. The largest absolute Gasteiger partial charge is 0.497 e. The second-order valence-corrected chi connectivity index (χ2v) is 7.11. The van der Waals surface area contributed by atoms with Crippen molar-refractivity contribution in [2.75, 3.05) is 26.8 Å². The summed E-state index contributed by atoms with van der Waals surface area (Å²) in [6.07, 6.45) is 0. The van der Waals surface area contributed by atoms with Crippen molar-refractivity contribution < 1.29 is 23.6 Å². The summed E-state index contributed by atoms with van der Waals surface area (Å²) < 4.78 is 17.1. The molecular weight excluding hydrogens is 440 g/mol. The van der Waals surface area contributed by atoms with E-state index in [1.807, 2.05) is 6.92 Å². The Morgan fingerprint density at radius 2 is 1.81 bits per heavy atom. The summed E-state index contributed by atoms with van der Waals surface area (Å²) in [5.41, 5.74) is 1.47. The first kappa shape index (κ1) is 23.1. The SMILES string of the molecule is COc1ccc(OCC(=O)NCCNC(=O)c2nc(Cn3nc(C)c(Cl)c3C)no2)cc1. The van der Waals surface area contributed by atoms with E-state index in [1.54, 1.807) is 43.0 Å². The monoisotopic (exact) mass is 462 g/mol. The molecule has 2 aromatic heterocycles. The minimum atomic E-state index is -0.543. The van der Waals surface area contributed by atoms with Crippen molar-refractivity contribution in [2.45, 2.75) is 20.4 Å². The third-order valence-electron chi connectivity index (χ3n) is 4.41. The first-order valence-corrected chi connectivity index (χ1v) is 10.1. The number of methoxy groups -OCH3 is 1. The number of nitrogens with one attached hydrogen (secondary N) is 2. The van der Waals surface area contributed by atoms with Crippen LogP contribution in [-0.2, 0) is 11.3 Å². The predicted octanol–water partition coefficient (Wildman–Crippen LogP) is 1.52. The van der Waals surface area contributed by atoms with Crippen LogP contribution in [0.1, 0.15) is 27.9 Å². The summed E-state index contributed by atoms with van der Waals surface area (Å²) in [7, 11) is 1.57. The molecule has 0 fully saturated rings. The third kappa shape index (κ3) is 5.97. The molecule has 2 amide bonds. The smallest absolute Gasteiger partial charge is 0.316 e. The molecule has 0 saturated heterocycles. The number of aryl methyl sites for hydroxylation is 1. The minimum Gasteiger partial charge on any atom is -0.497 e. The Balaban J connectivity index is 1.37. The quantitative estimate of drug-likeness (QED) is 0.433. The third-order valence-corrected chi connectivity index (χ3v) is 4.96. The van der Waals surface area contributed by atoms with Gasteiger partial charge in [-0.1, -0.05) is 16.8 Å². The number of amides is 2. The van der Waals surface area contributed by atoms with Gasteiger partial charge in [0.1, 0.15) is 18.0 Å². The van der Waals surface area contributed by atoms with Crippen LogP contribution >= 0.6 is 11.6 Å². The normalized spacial score (nSPS) is 10.6. The standard InChI is InChI=1S/C20H23ClN6O5/c1-12-18(21)13(2)27(25-12)10-16-24-20(32-26-16)19(29)23-9-8-22-17(28)11-31-15-6-4-14(30-3)5-7-15/h4-7H,8-11H2,1-3H3,(H,22,28)(H,23,29). The molecule has 0 atom stereocenters. The van der Waals surface area contributed by atoms with Crippen LogP contribution in [0.25, 0.3) is 0 Å². The van der Waals surface area contributed by atoms with Crippen LogP contribution in [-0.4, -0.2) is 58.5 Å². The lowest BCUT2D eigenvalue weighted by Crippen LogP contribution is -2.36. The highest BCUT2D eigenvalue weighted by atomic mass is 35.5. The molecule has 0 unspecified atom stereocenters. The number of hydrogen-bond acceptors (Lipinski definition) is 8. The molecule has 2 N–H and O–H groups in total. The van der Waals surface area contributed by atoms with Crippen LogP contribution in [0.5, 0.6) is 11.5 Å². The average Bonchev–Trinajstić information content (AvgIpc) is 3.36. The molecule has 32 heavy (non-hydrogen) atoms. The molecule has 1 aromatic carbocycles. The van der Waals surface area contributed by atoms with Crippen LogP contribution < -0.4 is 20.1 Å². The Hall–Kier alpha value is -3.60. The van der Waals surface area contributed by atoms with Crippen LogP contribution in [0.15, 0.2) is 28.8 Å². The number of carbonyl (C=O) groups excluding carboxylic acids is 2. The zero-order chi connectivity index (χ0) is 23.1. The Bertz CT molecular complexity index is 1080. The van der Waals surface area contributed by atoms with Crippen LogP contribution in [0.3, 0.4) is 0 Å². The van der Waals surface area contributed by atoms with Gasteiger partial charge in [-0.25, -0.2) is 0 Å². The van der Waals surface area contributed by atoms with Gasteiger partial charge in [-0.05, 0) is 38.1 Å². The summed E-state index contributed by atoms with van der Waals surface area (Å²) in [5.74, 6) is 0.492. The number of benzene rings is 1. The average molecular weight is 463 g/mol. The van der Waals surface area contributed by atoms with Gasteiger partial charge >= 0.3 is 11.8 Å². The Kier molecular flexibility index (Phi) is 7.66. The minimum absolute atomic E-state index is 0.149. The van der Waals surface area contributed by atoms with Crippen molar-refractivity contribution in [3.05, 3.63) is 52.4 Å². The number of halogens is 1. The number of hydrogen-bond donors (Lipinski definition) is 2. The Morgan fingerprint density at radius 1 is 1.12 bits per heavy atom. The van der Waals surface area contributed by atoms with Crippen LogP contribution in [0.4, 0.5) is 0 Å². The first-order chi connectivity index (χ1) is 15.4. The Labute approximate surface area is 189 Å². The maximum atomic E-state index is 12.1. The molecule has 170 valence electrons. The van der Waals surface area contributed by atoms with Gasteiger partial charge in [-0.2, -0.15) is 10.1 Å². The molecular formula is C20H23ClN6O5. The highest BCUT2D eigenvalue weighted by Gasteiger charge is 2.17. The molecule has 0 spiro atoms. The van der Waals surface area contributed by atoms with Crippen LogP contribution in [0.2, 0.25) is 5.02 Å². The second-order valence-electron chi connectivity index (χ2n) is 6.73. The topological polar surface area (TPSA) is 133 Å². The van der Waals surface area contributed by atoms with Gasteiger partial charge in [0, 0.05) is 13.1 Å². The maximum Gasteiger partial charge on any atom is 0.316 e. The zero-order valence-corrected chi connectivity index (χ0v) is 18.6. The molecule has 0 aliphatic carbocycles. The molecule has 3 aromatic rings. The summed E-state index contributed by atoms with van der Waals surface area (Å²) in [6, 6.07) is 6.87. The van der Waals surface area contributed by atoms with Crippen molar-refractivity contribution >= 4 is 23.4 Å². The van der Waals surface area contributed by atoms with Crippen molar-refractivity contribution in [1.82, 2.24) is 30.6 Å². The van der Waals surface area contributed by atoms with Crippen molar-refractivity contribution in [3.8, 4) is 11.5 Å². The number of aromatic nitrogens is 4. The van der Waals surface area contributed by atoms with Crippen molar-refractivity contribution in [1.29, 1.82) is 0 Å². The van der Waals surface area contributed by atoms with Gasteiger partial charge in [0.15, 0.2) is 12.4 Å². The number of rotatable bonds is 10.